The van der Waals surface area contributed by atoms with Gasteiger partial charge in [0.15, 0.2) is 4.87 Å². The van der Waals surface area contributed by atoms with E-state index in [2.05, 4.69) is 0 Å². The van der Waals surface area contributed by atoms with Crippen LogP contribution in [0.1, 0.15) is 18.4 Å². The smallest absolute Gasteiger partial charge is 0.249 e. The molecule has 0 radical (unpaired) electrons. The number of amides is 2. The van der Waals surface area contributed by atoms with Crippen LogP contribution >= 0.6 is 34.8 Å². The van der Waals surface area contributed by atoms with Gasteiger partial charge in [0.05, 0.1) is 7.11 Å². The van der Waals surface area contributed by atoms with Gasteiger partial charge in [0.2, 0.25) is 11.8 Å². The number of nitrogens with zero attached hydrogens (tertiary/aromatic N) is 2. The summed E-state index contributed by atoms with van der Waals surface area (Å²) in [4.78, 5) is 27.1. The molecule has 0 spiro atoms. The van der Waals surface area contributed by atoms with Crippen LogP contribution in [0, 0.1) is 6.92 Å². The highest BCUT2D eigenvalue weighted by molar-refractivity contribution is 6.62. The number of carbonyl (C=O) groups excluding carboxylic acids is 2. The van der Waals surface area contributed by atoms with Gasteiger partial charge in [0.25, 0.3) is 0 Å². The third kappa shape index (κ3) is 2.96. The molecule has 1 saturated heterocycles. The van der Waals surface area contributed by atoms with Crippen molar-refractivity contribution < 1.29 is 14.3 Å². The Labute approximate surface area is 161 Å². The van der Waals surface area contributed by atoms with E-state index in [4.69, 9.17) is 39.5 Å². The number of carbonyl (C=O) groups is 2. The fourth-order valence-corrected chi connectivity index (χ4v) is 4.21. The number of benzene rings is 1. The number of likely N-dealkylation sites (N-methyl/N-ethyl adjacent to an activating group) is 1. The third-order valence-corrected chi connectivity index (χ3v) is 6.65. The normalized spacial score (nSPS) is 27.4. The summed E-state index contributed by atoms with van der Waals surface area (Å²) in [6.07, 6.45) is 0.690. The minimum atomic E-state index is -1.34. The zero-order chi connectivity index (χ0) is 18.6. The quantitative estimate of drug-likeness (QED) is 0.723. The molecule has 5 nitrogen and oxygen atoms in total. The summed E-state index contributed by atoms with van der Waals surface area (Å²) in [7, 11) is 3.16. The second-order valence-electron chi connectivity index (χ2n) is 6.55. The van der Waals surface area contributed by atoms with E-state index in [-0.39, 0.29) is 12.3 Å². The summed E-state index contributed by atoms with van der Waals surface area (Å²) >= 11 is 18.2. The van der Waals surface area contributed by atoms with Crippen molar-refractivity contribution in [3.05, 3.63) is 23.8 Å². The fraction of sp³-hybridized carbons (Fsp3) is 0.529. The van der Waals surface area contributed by atoms with E-state index < -0.39 is 21.2 Å². The van der Waals surface area contributed by atoms with Crippen LogP contribution in [0.4, 0.5) is 5.69 Å². The number of hydrogen-bond acceptors (Lipinski definition) is 3. The second kappa shape index (κ2) is 6.22. The monoisotopic (exact) mass is 404 g/mol. The van der Waals surface area contributed by atoms with Gasteiger partial charge in [-0.1, -0.05) is 29.3 Å². The molecule has 25 heavy (non-hydrogen) atoms. The molecule has 136 valence electrons. The van der Waals surface area contributed by atoms with Gasteiger partial charge in [0.1, 0.15) is 16.1 Å². The molecule has 1 aromatic carbocycles. The Kier molecular flexibility index (Phi) is 4.63. The Morgan fingerprint density at radius 1 is 1.36 bits per heavy atom. The number of ether oxygens (including phenoxy) is 1. The fourth-order valence-electron chi connectivity index (χ4n) is 3.17. The topological polar surface area (TPSA) is 49.9 Å². The lowest BCUT2D eigenvalue weighted by Crippen LogP contribution is -2.47. The van der Waals surface area contributed by atoms with E-state index in [1.165, 1.54) is 4.90 Å². The van der Waals surface area contributed by atoms with Crippen molar-refractivity contribution in [3.63, 3.8) is 0 Å². The van der Waals surface area contributed by atoms with Gasteiger partial charge in [-0.25, -0.2) is 0 Å². The van der Waals surface area contributed by atoms with Crippen LogP contribution in [0.3, 0.4) is 0 Å². The largest absolute Gasteiger partial charge is 0.496 e. The highest BCUT2D eigenvalue weighted by Crippen LogP contribution is 2.62. The van der Waals surface area contributed by atoms with Crippen LogP contribution in [0.25, 0.3) is 0 Å². The van der Waals surface area contributed by atoms with Gasteiger partial charge >= 0.3 is 0 Å². The first-order valence-corrected chi connectivity index (χ1v) is 9.06. The molecule has 1 aliphatic carbocycles. The Morgan fingerprint density at radius 2 is 2.00 bits per heavy atom. The van der Waals surface area contributed by atoms with Crippen molar-refractivity contribution in [3.8, 4) is 5.75 Å². The number of hydrogen-bond donors (Lipinski definition) is 0. The molecule has 1 heterocycles. The molecule has 1 aromatic rings. The van der Waals surface area contributed by atoms with Crippen molar-refractivity contribution in [2.24, 2.45) is 0 Å². The first-order valence-electron chi connectivity index (χ1n) is 7.92. The lowest BCUT2D eigenvalue weighted by molar-refractivity contribution is -0.137. The molecule has 2 unspecified atom stereocenters. The summed E-state index contributed by atoms with van der Waals surface area (Å²) < 4.78 is 4.05. The van der Waals surface area contributed by atoms with Crippen molar-refractivity contribution in [1.82, 2.24) is 4.90 Å². The van der Waals surface area contributed by atoms with Crippen LogP contribution in [0.5, 0.6) is 5.75 Å². The minimum Gasteiger partial charge on any atom is -0.496 e. The Morgan fingerprint density at radius 3 is 2.56 bits per heavy atom. The maximum Gasteiger partial charge on any atom is 0.249 e. The maximum atomic E-state index is 12.8. The Hall–Kier alpha value is -1.17. The van der Waals surface area contributed by atoms with Gasteiger partial charge in [-0.2, -0.15) is 0 Å². The maximum absolute atomic E-state index is 12.8. The molecule has 0 N–H and O–H groups in total. The van der Waals surface area contributed by atoms with E-state index in [9.17, 15) is 9.59 Å². The van der Waals surface area contributed by atoms with E-state index in [1.807, 2.05) is 25.1 Å². The average molecular weight is 406 g/mol. The molecule has 1 saturated carbocycles. The summed E-state index contributed by atoms with van der Waals surface area (Å²) in [6.45, 7) is 2.44. The molecule has 2 fully saturated rings. The first kappa shape index (κ1) is 18.6. The van der Waals surface area contributed by atoms with Gasteiger partial charge < -0.3 is 14.5 Å². The third-order valence-electron chi connectivity index (χ3n) is 4.93. The number of aryl methyl sites for hydroxylation is 1. The van der Waals surface area contributed by atoms with Crippen molar-refractivity contribution in [2.75, 3.05) is 25.6 Å². The van der Waals surface area contributed by atoms with Gasteiger partial charge in [-0.15, -0.1) is 11.6 Å². The molecule has 2 amide bonds. The number of alkyl halides is 3. The van der Waals surface area contributed by atoms with Crippen LogP contribution in [0.2, 0.25) is 0 Å². The summed E-state index contributed by atoms with van der Waals surface area (Å²) in [5.41, 5.74) is 1.73. The SMILES string of the molecule is COc1cc(N2CCC(N(C)C(=O)C3(Cl)CC3(Cl)Cl)C2=O)ccc1C. The second-order valence-corrected chi connectivity index (χ2v) is 8.68. The number of rotatable bonds is 4. The van der Waals surface area contributed by atoms with Crippen molar-refractivity contribution >= 4 is 52.3 Å². The zero-order valence-corrected chi connectivity index (χ0v) is 16.5. The van der Waals surface area contributed by atoms with Gasteiger partial charge in [-0.05, 0) is 25.0 Å². The molecular formula is C17H19Cl3N2O3. The van der Waals surface area contributed by atoms with Crippen LogP contribution in [-0.2, 0) is 9.59 Å². The predicted octanol–water partition coefficient (Wildman–Crippen LogP) is 3.12. The molecule has 8 heteroatoms. The summed E-state index contributed by atoms with van der Waals surface area (Å²) in [6, 6.07) is 5.01. The highest BCUT2D eigenvalue weighted by Gasteiger charge is 2.72. The standard InChI is InChI=1S/C17H19Cl3N2O3/c1-10-4-5-11(8-13(10)25-3)22-7-6-12(14(22)23)21(2)15(24)16(18)9-17(16,19)20/h4-5,8,12H,6-7,9H2,1-3H3. The van der Waals surface area contributed by atoms with Crippen LogP contribution in [0.15, 0.2) is 18.2 Å². The summed E-state index contributed by atoms with van der Waals surface area (Å²) in [5, 5.41) is 0. The molecule has 1 aliphatic heterocycles. The highest BCUT2D eigenvalue weighted by atomic mass is 35.5. The van der Waals surface area contributed by atoms with Gasteiger partial charge in [0, 0.05) is 31.8 Å². The van der Waals surface area contributed by atoms with E-state index in [1.54, 1.807) is 19.1 Å². The minimum absolute atomic E-state index is 0.155. The van der Waals surface area contributed by atoms with E-state index >= 15 is 0 Å². The van der Waals surface area contributed by atoms with E-state index in [0.29, 0.717) is 18.7 Å². The van der Waals surface area contributed by atoms with E-state index in [0.717, 1.165) is 11.3 Å². The zero-order valence-electron chi connectivity index (χ0n) is 14.2. The Balaban J connectivity index is 1.77. The average Bonchev–Trinajstić information content (AvgIpc) is 2.89. The van der Waals surface area contributed by atoms with Crippen LogP contribution < -0.4 is 9.64 Å². The lowest BCUT2D eigenvalue weighted by Gasteiger charge is -2.26. The molecule has 0 aromatic heterocycles. The molecule has 3 rings (SSSR count). The van der Waals surface area contributed by atoms with Crippen LogP contribution in [-0.4, -0.2) is 52.7 Å². The van der Waals surface area contributed by atoms with Crippen molar-refractivity contribution in [1.29, 1.82) is 0 Å². The lowest BCUT2D eigenvalue weighted by atomic mass is 10.2. The van der Waals surface area contributed by atoms with Gasteiger partial charge in [-0.3, -0.25) is 9.59 Å². The molecule has 2 aliphatic rings. The number of methoxy groups -OCH3 is 1. The predicted molar refractivity (Wildman–Crippen MR) is 98.9 cm³/mol. The number of anilines is 1. The Bertz CT molecular complexity index is 740. The summed E-state index contributed by atoms with van der Waals surface area (Å²) in [5.74, 6) is 0.142. The molecule has 0 bridgehead atoms. The van der Waals surface area contributed by atoms with Crippen molar-refractivity contribution in [2.45, 2.75) is 35.0 Å². The first-order chi connectivity index (χ1) is 11.6. The molecular weight excluding hydrogens is 387 g/mol. The molecule has 2 atom stereocenters. The number of halogens is 3.